The van der Waals surface area contributed by atoms with Gasteiger partial charge in [-0.2, -0.15) is 10.4 Å². The van der Waals surface area contributed by atoms with Crippen LogP contribution in [-0.2, 0) is 10.2 Å². The van der Waals surface area contributed by atoms with E-state index in [0.717, 1.165) is 16.9 Å². The van der Waals surface area contributed by atoms with Gasteiger partial charge in [-0.25, -0.2) is 4.68 Å². The number of nitrogens with one attached hydrogen (secondary N) is 1. The number of nitriles is 1. The molecule has 3 heterocycles. The number of rotatable bonds is 3. The topological polar surface area (TPSA) is 100.0 Å². The summed E-state index contributed by atoms with van der Waals surface area (Å²) >= 11 is 0. The fourth-order valence-electron chi connectivity index (χ4n) is 4.76. The van der Waals surface area contributed by atoms with Crippen molar-refractivity contribution in [3.63, 3.8) is 0 Å². The highest BCUT2D eigenvalue weighted by atomic mass is 16.2. The molecule has 7 heteroatoms. The van der Waals surface area contributed by atoms with E-state index >= 15 is 0 Å². The van der Waals surface area contributed by atoms with Crippen molar-refractivity contribution in [2.75, 3.05) is 16.8 Å². The average molecular weight is 408 g/mol. The van der Waals surface area contributed by atoms with Gasteiger partial charge in [0.1, 0.15) is 23.1 Å². The molecule has 7 nitrogen and oxygen atoms in total. The Bertz CT molecular complexity index is 1310. The number of nitrogens with zero attached hydrogens (tertiary/aromatic N) is 4. The van der Waals surface area contributed by atoms with Crippen LogP contribution in [0.1, 0.15) is 16.8 Å². The van der Waals surface area contributed by atoms with Crippen molar-refractivity contribution in [1.29, 1.82) is 5.26 Å². The molecule has 3 N–H and O–H groups in total. The van der Waals surface area contributed by atoms with Gasteiger partial charge in [0.05, 0.1) is 17.0 Å². The second kappa shape index (κ2) is 6.61. The van der Waals surface area contributed by atoms with Gasteiger partial charge >= 0.3 is 0 Å². The van der Waals surface area contributed by atoms with E-state index in [1.54, 1.807) is 15.7 Å². The first-order chi connectivity index (χ1) is 15.1. The molecule has 0 radical (unpaired) electrons. The Morgan fingerprint density at radius 2 is 1.94 bits per heavy atom. The number of aryl methyl sites for hydroxylation is 1. The van der Waals surface area contributed by atoms with E-state index in [1.807, 2.05) is 61.5 Å². The van der Waals surface area contributed by atoms with E-state index in [2.05, 4.69) is 18.0 Å². The summed E-state index contributed by atoms with van der Waals surface area (Å²) in [5.74, 6) is 0.506. The van der Waals surface area contributed by atoms with Gasteiger partial charge in [-0.05, 0) is 25.1 Å². The number of benzene rings is 2. The number of carbonyl (C=O) groups is 1. The van der Waals surface area contributed by atoms with E-state index < -0.39 is 5.41 Å². The number of aromatic nitrogens is 2. The van der Waals surface area contributed by atoms with Crippen LogP contribution in [0.25, 0.3) is 5.69 Å². The number of nitrogens with two attached hydrogens (primary N) is 1. The monoisotopic (exact) mass is 408 g/mol. The standard InChI is InChI=1S/C24H20N6O/c1-3-13-29-19-12-8-7-11-17(19)24(23(29)31)18(14-25)21(26)27-22-20(24)15(2)28-30(22)16-9-5-4-6-10-16/h3-12,27H,1,13,26H2,2H3. The van der Waals surface area contributed by atoms with Crippen LogP contribution in [0.2, 0.25) is 0 Å². The van der Waals surface area contributed by atoms with Crippen LogP contribution < -0.4 is 16.0 Å². The quantitative estimate of drug-likeness (QED) is 0.649. The summed E-state index contributed by atoms with van der Waals surface area (Å²) in [6, 6.07) is 19.3. The number of hydrogen-bond donors (Lipinski definition) is 2. The largest absolute Gasteiger partial charge is 0.384 e. The van der Waals surface area contributed by atoms with Crippen molar-refractivity contribution < 1.29 is 4.79 Å². The molecule has 152 valence electrons. The van der Waals surface area contributed by atoms with Gasteiger partial charge in [0.25, 0.3) is 0 Å². The second-order valence-electron chi connectivity index (χ2n) is 7.55. The average Bonchev–Trinajstić information content (AvgIpc) is 3.23. The Labute approximate surface area is 179 Å². The van der Waals surface area contributed by atoms with Crippen molar-refractivity contribution in [3.8, 4) is 11.8 Å². The SMILES string of the molecule is C=CCN1C(=O)C2(C(C#N)=C(N)Nc3c2c(C)nn3-c2ccccc2)c2ccccc21. The Morgan fingerprint density at radius 1 is 1.23 bits per heavy atom. The normalized spacial score (nSPS) is 19.1. The van der Waals surface area contributed by atoms with Gasteiger partial charge in [-0.1, -0.05) is 42.5 Å². The molecular weight excluding hydrogens is 388 g/mol. The Kier molecular flexibility index (Phi) is 3.99. The first kappa shape index (κ1) is 18.7. The Morgan fingerprint density at radius 3 is 2.65 bits per heavy atom. The number of hydrogen-bond acceptors (Lipinski definition) is 5. The van der Waals surface area contributed by atoms with Crippen molar-refractivity contribution in [2.45, 2.75) is 12.3 Å². The lowest BCUT2D eigenvalue weighted by molar-refractivity contribution is -0.120. The fourth-order valence-corrected chi connectivity index (χ4v) is 4.76. The van der Waals surface area contributed by atoms with Gasteiger partial charge in [-0.3, -0.25) is 4.79 Å². The predicted octanol–water partition coefficient (Wildman–Crippen LogP) is 3.12. The molecule has 1 atom stereocenters. The van der Waals surface area contributed by atoms with Gasteiger partial charge in [0.2, 0.25) is 5.91 Å². The number of para-hydroxylation sites is 2. The maximum atomic E-state index is 14.1. The van der Waals surface area contributed by atoms with Crippen molar-refractivity contribution in [3.05, 3.63) is 95.5 Å². The maximum absolute atomic E-state index is 14.1. The van der Waals surface area contributed by atoms with Crippen LogP contribution in [0.3, 0.4) is 0 Å². The summed E-state index contributed by atoms with van der Waals surface area (Å²) in [6.45, 7) is 5.98. The lowest BCUT2D eigenvalue weighted by Crippen LogP contribution is -2.46. The molecule has 1 aromatic heterocycles. The highest BCUT2D eigenvalue weighted by Crippen LogP contribution is 2.55. The minimum Gasteiger partial charge on any atom is -0.384 e. The number of anilines is 2. The Hall–Kier alpha value is -4.31. The molecule has 2 aliphatic heterocycles. The van der Waals surface area contributed by atoms with E-state index in [9.17, 15) is 10.1 Å². The molecule has 31 heavy (non-hydrogen) atoms. The number of fused-ring (bicyclic) bond motifs is 4. The van der Waals surface area contributed by atoms with Crippen molar-refractivity contribution in [2.24, 2.45) is 5.73 Å². The smallest absolute Gasteiger partial charge is 0.248 e. The molecule has 0 fully saturated rings. The molecule has 0 saturated heterocycles. The summed E-state index contributed by atoms with van der Waals surface area (Å²) in [6.07, 6.45) is 1.68. The minimum atomic E-state index is -1.36. The van der Waals surface area contributed by atoms with Crippen LogP contribution in [0.15, 0.2) is 78.6 Å². The van der Waals surface area contributed by atoms with E-state index in [1.165, 1.54) is 0 Å². The fraction of sp³-hybridized carbons (Fsp3) is 0.125. The third-order valence-electron chi connectivity index (χ3n) is 5.92. The van der Waals surface area contributed by atoms with Crippen LogP contribution in [-0.4, -0.2) is 22.2 Å². The van der Waals surface area contributed by atoms with Gasteiger partial charge in [0.15, 0.2) is 0 Å². The molecule has 3 aromatic rings. The Balaban J connectivity index is 1.90. The molecule has 1 spiro atoms. The third-order valence-corrected chi connectivity index (χ3v) is 5.92. The van der Waals surface area contributed by atoms with Gasteiger partial charge in [0, 0.05) is 23.4 Å². The maximum Gasteiger partial charge on any atom is 0.248 e. The minimum absolute atomic E-state index is 0.149. The zero-order valence-electron chi connectivity index (χ0n) is 17.0. The van der Waals surface area contributed by atoms with E-state index in [-0.39, 0.29) is 17.3 Å². The molecule has 2 aromatic carbocycles. The summed E-state index contributed by atoms with van der Waals surface area (Å²) in [5, 5.41) is 18.0. The molecule has 1 amide bonds. The number of carbonyl (C=O) groups excluding carboxylic acids is 1. The van der Waals surface area contributed by atoms with Gasteiger partial charge < -0.3 is 16.0 Å². The summed E-state index contributed by atoms with van der Waals surface area (Å²) in [5.41, 5.74) is 8.76. The van der Waals surface area contributed by atoms with Crippen LogP contribution in [0.5, 0.6) is 0 Å². The molecule has 0 bridgehead atoms. The van der Waals surface area contributed by atoms with Crippen LogP contribution >= 0.6 is 0 Å². The lowest BCUT2D eigenvalue weighted by atomic mass is 9.68. The zero-order valence-corrected chi connectivity index (χ0v) is 17.0. The molecule has 1 unspecified atom stereocenters. The highest BCUT2D eigenvalue weighted by molar-refractivity contribution is 6.15. The van der Waals surface area contributed by atoms with Crippen molar-refractivity contribution in [1.82, 2.24) is 9.78 Å². The summed E-state index contributed by atoms with van der Waals surface area (Å²) in [4.78, 5) is 15.7. The first-order valence-electron chi connectivity index (χ1n) is 9.91. The predicted molar refractivity (Wildman–Crippen MR) is 119 cm³/mol. The molecular formula is C24H20N6O. The molecule has 5 rings (SSSR count). The van der Waals surface area contributed by atoms with Crippen molar-refractivity contribution >= 4 is 17.4 Å². The zero-order chi connectivity index (χ0) is 21.8. The van der Waals surface area contributed by atoms with Crippen LogP contribution in [0.4, 0.5) is 11.5 Å². The third kappa shape index (κ3) is 2.27. The molecule has 0 aliphatic carbocycles. The second-order valence-corrected chi connectivity index (χ2v) is 7.55. The molecule has 2 aliphatic rings. The number of amides is 1. The van der Waals surface area contributed by atoms with Gasteiger partial charge in [-0.15, -0.1) is 6.58 Å². The highest BCUT2D eigenvalue weighted by Gasteiger charge is 2.59. The summed E-state index contributed by atoms with van der Waals surface area (Å²) in [7, 11) is 0. The van der Waals surface area contributed by atoms with E-state index in [0.29, 0.717) is 23.6 Å². The van der Waals surface area contributed by atoms with Crippen LogP contribution in [0, 0.1) is 18.3 Å². The van der Waals surface area contributed by atoms with E-state index in [4.69, 9.17) is 10.8 Å². The lowest BCUT2D eigenvalue weighted by Gasteiger charge is -2.34. The first-order valence-corrected chi connectivity index (χ1v) is 9.91. The molecule has 0 saturated carbocycles. The summed E-state index contributed by atoms with van der Waals surface area (Å²) < 4.78 is 1.74.